The first-order valence-corrected chi connectivity index (χ1v) is 7.82. The van der Waals surface area contributed by atoms with Crippen LogP contribution in [0.5, 0.6) is 5.75 Å². The third-order valence-corrected chi connectivity index (χ3v) is 4.16. The fourth-order valence-corrected chi connectivity index (χ4v) is 2.97. The van der Waals surface area contributed by atoms with Crippen molar-refractivity contribution in [2.45, 2.75) is 17.9 Å². The molecule has 1 aromatic carbocycles. The van der Waals surface area contributed by atoms with E-state index in [1.54, 1.807) is 37.2 Å². The van der Waals surface area contributed by atoms with Crippen molar-refractivity contribution >= 4 is 11.8 Å². The molecule has 112 valence electrons. The molecule has 0 fully saturated rings. The minimum absolute atomic E-state index is 0.174. The van der Waals surface area contributed by atoms with E-state index in [4.69, 9.17) is 4.74 Å². The lowest BCUT2D eigenvalue weighted by Crippen LogP contribution is -2.23. The highest BCUT2D eigenvalue weighted by atomic mass is 32.2. The minimum Gasteiger partial charge on any atom is -0.495 e. The van der Waals surface area contributed by atoms with Crippen LogP contribution in [-0.4, -0.2) is 24.4 Å². The molecule has 1 heterocycles. The number of methoxy groups -OCH3 is 1. The zero-order valence-electron chi connectivity index (χ0n) is 12.2. The van der Waals surface area contributed by atoms with Gasteiger partial charge in [0.1, 0.15) is 11.6 Å². The van der Waals surface area contributed by atoms with E-state index in [1.807, 2.05) is 12.3 Å². The molecule has 0 radical (unpaired) electrons. The van der Waals surface area contributed by atoms with Gasteiger partial charge >= 0.3 is 0 Å². The molecule has 1 aromatic heterocycles. The number of pyridine rings is 1. The first kappa shape index (κ1) is 15.8. The van der Waals surface area contributed by atoms with Gasteiger partial charge in [-0.2, -0.15) is 0 Å². The predicted octanol–water partition coefficient (Wildman–Crippen LogP) is 3.67. The summed E-state index contributed by atoms with van der Waals surface area (Å²) in [5.41, 5.74) is 1.09. The van der Waals surface area contributed by atoms with Crippen molar-refractivity contribution < 1.29 is 9.13 Å². The van der Waals surface area contributed by atoms with Gasteiger partial charge in [-0.1, -0.05) is 6.92 Å². The summed E-state index contributed by atoms with van der Waals surface area (Å²) in [4.78, 5) is 5.25. The molecule has 3 nitrogen and oxygen atoms in total. The number of aromatic nitrogens is 1. The Bertz CT molecular complexity index is 562. The molecular formula is C16H19FN2OS. The lowest BCUT2D eigenvalue weighted by molar-refractivity contribution is 0.411. The van der Waals surface area contributed by atoms with E-state index in [0.717, 1.165) is 28.5 Å². The Morgan fingerprint density at radius 3 is 2.71 bits per heavy atom. The maximum atomic E-state index is 12.9. The van der Waals surface area contributed by atoms with Gasteiger partial charge in [-0.05, 0) is 42.4 Å². The quantitative estimate of drug-likeness (QED) is 0.791. The van der Waals surface area contributed by atoms with E-state index >= 15 is 0 Å². The summed E-state index contributed by atoms with van der Waals surface area (Å²) < 4.78 is 18.1. The molecule has 0 bridgehead atoms. The molecule has 1 unspecified atom stereocenters. The Morgan fingerprint density at radius 2 is 2.05 bits per heavy atom. The summed E-state index contributed by atoms with van der Waals surface area (Å²) in [6.07, 6.45) is 3.54. The molecule has 1 atom stereocenters. The number of hydrogen-bond acceptors (Lipinski definition) is 4. The van der Waals surface area contributed by atoms with Crippen molar-refractivity contribution in [1.82, 2.24) is 10.3 Å². The Labute approximate surface area is 128 Å². The Kier molecular flexibility index (Phi) is 6.02. The molecule has 0 spiro atoms. The second kappa shape index (κ2) is 8.00. The van der Waals surface area contributed by atoms with Crippen LogP contribution in [0, 0.1) is 5.82 Å². The van der Waals surface area contributed by atoms with E-state index in [0.29, 0.717) is 0 Å². The van der Waals surface area contributed by atoms with Crippen molar-refractivity contribution in [3.05, 3.63) is 54.1 Å². The van der Waals surface area contributed by atoms with Gasteiger partial charge in [0.05, 0.1) is 13.3 Å². The number of nitrogens with zero attached hydrogens (tertiary/aromatic N) is 1. The lowest BCUT2D eigenvalue weighted by Gasteiger charge is -2.18. The van der Waals surface area contributed by atoms with Crippen LogP contribution in [0.3, 0.4) is 0 Å². The molecule has 1 N–H and O–H groups in total. The first-order chi connectivity index (χ1) is 10.2. The van der Waals surface area contributed by atoms with E-state index in [9.17, 15) is 4.39 Å². The van der Waals surface area contributed by atoms with Crippen molar-refractivity contribution in [2.75, 3.05) is 19.4 Å². The van der Waals surface area contributed by atoms with Gasteiger partial charge in [-0.15, -0.1) is 11.8 Å². The van der Waals surface area contributed by atoms with Crippen molar-refractivity contribution in [1.29, 1.82) is 0 Å². The maximum absolute atomic E-state index is 12.9. The molecule has 0 aliphatic heterocycles. The summed E-state index contributed by atoms with van der Waals surface area (Å²) in [5, 5.41) is 3.44. The molecule has 0 amide bonds. The summed E-state index contributed by atoms with van der Waals surface area (Å²) >= 11 is 1.69. The number of benzene rings is 1. The molecular weight excluding hydrogens is 287 g/mol. The average Bonchev–Trinajstić information content (AvgIpc) is 2.53. The number of nitrogens with one attached hydrogen (secondary N) is 1. The average molecular weight is 306 g/mol. The topological polar surface area (TPSA) is 34.2 Å². The SMILES string of the molecule is CCNC(CSc1ccc(F)cc1)c1cncc(OC)c1. The minimum atomic E-state index is -0.209. The Balaban J connectivity index is 2.05. The van der Waals surface area contributed by atoms with Crippen LogP contribution in [0.2, 0.25) is 0 Å². The van der Waals surface area contributed by atoms with Crippen LogP contribution >= 0.6 is 11.8 Å². The van der Waals surface area contributed by atoms with Gasteiger partial charge in [-0.3, -0.25) is 4.98 Å². The normalized spacial score (nSPS) is 12.1. The van der Waals surface area contributed by atoms with E-state index in [-0.39, 0.29) is 11.9 Å². The fourth-order valence-electron chi connectivity index (χ4n) is 1.97. The van der Waals surface area contributed by atoms with Gasteiger partial charge in [-0.25, -0.2) is 4.39 Å². The second-order valence-corrected chi connectivity index (χ2v) is 5.63. The summed E-state index contributed by atoms with van der Waals surface area (Å²) in [7, 11) is 1.64. The molecule has 0 saturated carbocycles. The molecule has 0 aliphatic carbocycles. The largest absolute Gasteiger partial charge is 0.495 e. The van der Waals surface area contributed by atoms with Crippen LogP contribution in [0.1, 0.15) is 18.5 Å². The molecule has 0 saturated heterocycles. The van der Waals surface area contributed by atoms with Crippen molar-refractivity contribution in [3.63, 3.8) is 0 Å². The van der Waals surface area contributed by atoms with Gasteiger partial charge < -0.3 is 10.1 Å². The highest BCUT2D eigenvalue weighted by Crippen LogP contribution is 2.26. The second-order valence-electron chi connectivity index (χ2n) is 4.53. The zero-order valence-corrected chi connectivity index (χ0v) is 13.0. The summed E-state index contributed by atoms with van der Waals surface area (Å²) in [5.74, 6) is 1.38. The first-order valence-electron chi connectivity index (χ1n) is 6.83. The highest BCUT2D eigenvalue weighted by molar-refractivity contribution is 7.99. The monoisotopic (exact) mass is 306 g/mol. The number of ether oxygens (including phenoxy) is 1. The maximum Gasteiger partial charge on any atom is 0.137 e. The number of halogens is 1. The summed E-state index contributed by atoms with van der Waals surface area (Å²) in [6.45, 7) is 2.94. The number of hydrogen-bond donors (Lipinski definition) is 1. The third-order valence-electron chi connectivity index (χ3n) is 3.05. The number of thioether (sulfide) groups is 1. The molecule has 2 rings (SSSR count). The zero-order chi connectivity index (χ0) is 15.1. The van der Waals surface area contributed by atoms with E-state index < -0.39 is 0 Å². The van der Waals surface area contributed by atoms with Crippen molar-refractivity contribution in [3.8, 4) is 5.75 Å². The molecule has 2 aromatic rings. The molecule has 0 aliphatic rings. The fraction of sp³-hybridized carbons (Fsp3) is 0.312. The van der Waals surface area contributed by atoms with Gasteiger partial charge in [0, 0.05) is 22.9 Å². The Hall–Kier alpha value is -1.59. The summed E-state index contributed by atoms with van der Waals surface area (Å²) in [6, 6.07) is 8.73. The van der Waals surface area contributed by atoms with Gasteiger partial charge in [0.15, 0.2) is 0 Å². The predicted molar refractivity (Wildman–Crippen MR) is 84.3 cm³/mol. The number of rotatable bonds is 7. The van der Waals surface area contributed by atoms with Gasteiger partial charge in [0.2, 0.25) is 0 Å². The van der Waals surface area contributed by atoms with Crippen LogP contribution in [0.25, 0.3) is 0 Å². The smallest absolute Gasteiger partial charge is 0.137 e. The van der Waals surface area contributed by atoms with Crippen molar-refractivity contribution in [2.24, 2.45) is 0 Å². The Morgan fingerprint density at radius 1 is 1.29 bits per heavy atom. The van der Waals surface area contributed by atoms with Crippen LogP contribution in [0.15, 0.2) is 47.6 Å². The standard InChI is InChI=1S/C16H19FN2OS/c1-3-19-16(12-8-14(20-2)10-18-9-12)11-21-15-6-4-13(17)5-7-15/h4-10,16,19H,3,11H2,1-2H3. The van der Waals surface area contributed by atoms with Crippen LogP contribution < -0.4 is 10.1 Å². The van der Waals surface area contributed by atoms with E-state index in [1.165, 1.54) is 12.1 Å². The molecule has 5 heteroatoms. The highest BCUT2D eigenvalue weighted by Gasteiger charge is 2.12. The van der Waals surface area contributed by atoms with Gasteiger partial charge in [0.25, 0.3) is 0 Å². The lowest BCUT2D eigenvalue weighted by atomic mass is 10.1. The third kappa shape index (κ3) is 4.72. The van der Waals surface area contributed by atoms with E-state index in [2.05, 4.69) is 17.2 Å². The molecule has 21 heavy (non-hydrogen) atoms. The van der Waals surface area contributed by atoms with Crippen LogP contribution in [-0.2, 0) is 0 Å². The van der Waals surface area contributed by atoms with Crippen LogP contribution in [0.4, 0.5) is 4.39 Å².